The molecule has 0 saturated carbocycles. The number of benzene rings is 1. The molecule has 2 aromatic rings. The SMILES string of the molecule is CCc1ccsc1C(=O)OCc1ccccc1F. The lowest BCUT2D eigenvalue weighted by Gasteiger charge is -2.05. The molecule has 0 radical (unpaired) electrons. The quantitative estimate of drug-likeness (QED) is 0.785. The fraction of sp³-hybridized carbons (Fsp3) is 0.214. The summed E-state index contributed by atoms with van der Waals surface area (Å²) >= 11 is 1.35. The zero-order chi connectivity index (χ0) is 13.0. The topological polar surface area (TPSA) is 26.3 Å². The molecule has 0 fully saturated rings. The van der Waals surface area contributed by atoms with Crippen LogP contribution < -0.4 is 0 Å². The van der Waals surface area contributed by atoms with Gasteiger partial charge >= 0.3 is 5.97 Å². The third-order valence-electron chi connectivity index (χ3n) is 2.63. The molecule has 0 aliphatic carbocycles. The van der Waals surface area contributed by atoms with Gasteiger partial charge in [-0.05, 0) is 29.5 Å². The van der Waals surface area contributed by atoms with E-state index >= 15 is 0 Å². The van der Waals surface area contributed by atoms with Crippen molar-refractivity contribution in [1.29, 1.82) is 0 Å². The van der Waals surface area contributed by atoms with Crippen LogP contribution in [0.25, 0.3) is 0 Å². The predicted molar refractivity (Wildman–Crippen MR) is 69.2 cm³/mol. The van der Waals surface area contributed by atoms with Crippen molar-refractivity contribution in [3.05, 3.63) is 57.5 Å². The molecule has 94 valence electrons. The molecule has 1 aromatic carbocycles. The number of rotatable bonds is 4. The molecule has 4 heteroatoms. The predicted octanol–water partition coefficient (Wildman–Crippen LogP) is 3.81. The summed E-state index contributed by atoms with van der Waals surface area (Å²) in [5.74, 6) is -0.739. The van der Waals surface area contributed by atoms with Gasteiger partial charge in [-0.15, -0.1) is 11.3 Å². The highest BCUT2D eigenvalue weighted by Crippen LogP contribution is 2.19. The van der Waals surface area contributed by atoms with Crippen molar-refractivity contribution in [2.24, 2.45) is 0 Å². The molecule has 0 N–H and O–H groups in total. The molecule has 2 rings (SSSR count). The van der Waals surface area contributed by atoms with E-state index in [2.05, 4.69) is 0 Å². The van der Waals surface area contributed by atoms with Crippen LogP contribution in [0.2, 0.25) is 0 Å². The van der Waals surface area contributed by atoms with Gasteiger partial charge in [0, 0.05) is 5.56 Å². The molecule has 0 unspecified atom stereocenters. The number of aryl methyl sites for hydroxylation is 1. The van der Waals surface area contributed by atoms with Gasteiger partial charge < -0.3 is 4.74 Å². The number of thiophene rings is 1. The first kappa shape index (κ1) is 12.8. The summed E-state index contributed by atoms with van der Waals surface area (Å²) in [6, 6.07) is 8.19. The minimum atomic E-state index is -0.384. The number of hydrogen-bond donors (Lipinski definition) is 0. The third kappa shape index (κ3) is 2.76. The van der Waals surface area contributed by atoms with Crippen LogP contribution in [0.1, 0.15) is 27.7 Å². The first-order valence-electron chi connectivity index (χ1n) is 5.69. The van der Waals surface area contributed by atoms with E-state index in [4.69, 9.17) is 4.74 Å². The van der Waals surface area contributed by atoms with Crippen molar-refractivity contribution < 1.29 is 13.9 Å². The van der Waals surface area contributed by atoms with E-state index in [1.807, 2.05) is 18.4 Å². The molecule has 0 saturated heterocycles. The molecule has 0 atom stereocenters. The van der Waals surface area contributed by atoms with Crippen LogP contribution in [0.4, 0.5) is 4.39 Å². The van der Waals surface area contributed by atoms with E-state index < -0.39 is 0 Å². The molecule has 0 aliphatic heterocycles. The van der Waals surface area contributed by atoms with Gasteiger partial charge in [0.15, 0.2) is 0 Å². The van der Waals surface area contributed by atoms with Crippen LogP contribution in [0.5, 0.6) is 0 Å². The molecular formula is C14H13FO2S. The van der Waals surface area contributed by atoms with E-state index in [-0.39, 0.29) is 18.4 Å². The lowest BCUT2D eigenvalue weighted by Crippen LogP contribution is -2.06. The van der Waals surface area contributed by atoms with Crippen LogP contribution in [0, 0.1) is 5.82 Å². The number of esters is 1. The maximum Gasteiger partial charge on any atom is 0.348 e. The van der Waals surface area contributed by atoms with Crippen LogP contribution in [-0.4, -0.2) is 5.97 Å². The van der Waals surface area contributed by atoms with Crippen molar-refractivity contribution in [1.82, 2.24) is 0 Å². The smallest absolute Gasteiger partial charge is 0.348 e. The monoisotopic (exact) mass is 264 g/mol. The molecule has 0 spiro atoms. The van der Waals surface area contributed by atoms with Crippen molar-refractivity contribution in [2.45, 2.75) is 20.0 Å². The van der Waals surface area contributed by atoms with Crippen molar-refractivity contribution in [3.8, 4) is 0 Å². The molecule has 0 bridgehead atoms. The third-order valence-corrected chi connectivity index (χ3v) is 3.57. The highest BCUT2D eigenvalue weighted by Gasteiger charge is 2.14. The van der Waals surface area contributed by atoms with Gasteiger partial charge in [-0.2, -0.15) is 0 Å². The molecule has 1 aromatic heterocycles. The number of hydrogen-bond acceptors (Lipinski definition) is 3. The molecule has 0 amide bonds. The maximum atomic E-state index is 13.3. The first-order valence-corrected chi connectivity index (χ1v) is 6.57. The Kier molecular flexibility index (Phi) is 4.10. The largest absolute Gasteiger partial charge is 0.457 e. The molecule has 0 aliphatic rings. The maximum absolute atomic E-state index is 13.3. The van der Waals surface area contributed by atoms with Gasteiger partial charge in [0.25, 0.3) is 0 Å². The fourth-order valence-electron chi connectivity index (χ4n) is 1.62. The Morgan fingerprint density at radius 3 is 2.78 bits per heavy atom. The summed E-state index contributed by atoms with van der Waals surface area (Å²) in [5.41, 5.74) is 1.36. The summed E-state index contributed by atoms with van der Waals surface area (Å²) < 4.78 is 18.5. The summed E-state index contributed by atoms with van der Waals surface area (Å²) in [6.45, 7) is 1.95. The van der Waals surface area contributed by atoms with Crippen molar-refractivity contribution >= 4 is 17.3 Å². The van der Waals surface area contributed by atoms with Gasteiger partial charge in [-0.25, -0.2) is 9.18 Å². The van der Waals surface area contributed by atoms with Gasteiger partial charge in [-0.1, -0.05) is 25.1 Å². The number of carbonyl (C=O) groups excluding carboxylic acids is 1. The first-order chi connectivity index (χ1) is 8.72. The molecule has 2 nitrogen and oxygen atoms in total. The Hall–Kier alpha value is -1.68. The fourth-order valence-corrected chi connectivity index (χ4v) is 2.50. The van der Waals surface area contributed by atoms with Gasteiger partial charge in [0.05, 0.1) is 0 Å². The van der Waals surface area contributed by atoms with E-state index in [0.29, 0.717) is 10.4 Å². The number of ether oxygens (including phenoxy) is 1. The zero-order valence-electron chi connectivity index (χ0n) is 9.98. The van der Waals surface area contributed by atoms with E-state index in [0.717, 1.165) is 12.0 Å². The van der Waals surface area contributed by atoms with Crippen molar-refractivity contribution in [2.75, 3.05) is 0 Å². The highest BCUT2D eigenvalue weighted by atomic mass is 32.1. The Morgan fingerprint density at radius 2 is 2.06 bits per heavy atom. The average Bonchev–Trinajstić information content (AvgIpc) is 2.86. The lowest BCUT2D eigenvalue weighted by molar-refractivity contribution is 0.0473. The van der Waals surface area contributed by atoms with Crippen LogP contribution >= 0.6 is 11.3 Å². The standard InChI is InChI=1S/C14H13FO2S/c1-2-10-7-8-18-13(10)14(16)17-9-11-5-3-4-6-12(11)15/h3-8H,2,9H2,1H3. The summed E-state index contributed by atoms with van der Waals surface area (Å²) in [6.07, 6.45) is 0.785. The lowest BCUT2D eigenvalue weighted by atomic mass is 10.2. The van der Waals surface area contributed by atoms with Gasteiger partial charge in [0.2, 0.25) is 0 Å². The highest BCUT2D eigenvalue weighted by molar-refractivity contribution is 7.12. The summed E-state index contributed by atoms with van der Waals surface area (Å²) in [7, 11) is 0. The Labute approximate surface area is 109 Å². The number of halogens is 1. The zero-order valence-corrected chi connectivity index (χ0v) is 10.8. The van der Waals surface area contributed by atoms with Crippen molar-refractivity contribution in [3.63, 3.8) is 0 Å². The Bertz CT molecular complexity index is 548. The van der Waals surface area contributed by atoms with Gasteiger partial charge in [-0.3, -0.25) is 0 Å². The normalized spacial score (nSPS) is 10.3. The van der Waals surface area contributed by atoms with Crippen LogP contribution in [-0.2, 0) is 17.8 Å². The average molecular weight is 264 g/mol. The van der Waals surface area contributed by atoms with E-state index in [9.17, 15) is 9.18 Å². The van der Waals surface area contributed by atoms with E-state index in [1.54, 1.807) is 18.2 Å². The van der Waals surface area contributed by atoms with Crippen LogP contribution in [0.15, 0.2) is 35.7 Å². The van der Waals surface area contributed by atoms with E-state index in [1.165, 1.54) is 17.4 Å². The summed E-state index contributed by atoms with van der Waals surface area (Å²) in [5, 5.41) is 1.86. The summed E-state index contributed by atoms with van der Waals surface area (Å²) in [4.78, 5) is 12.4. The molecule has 1 heterocycles. The molecular weight excluding hydrogens is 251 g/mol. The number of carbonyl (C=O) groups is 1. The second kappa shape index (κ2) is 5.78. The van der Waals surface area contributed by atoms with Gasteiger partial charge in [0.1, 0.15) is 17.3 Å². The minimum absolute atomic E-state index is 0.0352. The van der Waals surface area contributed by atoms with Crippen LogP contribution in [0.3, 0.4) is 0 Å². The second-order valence-electron chi connectivity index (χ2n) is 3.80. The Balaban J connectivity index is 2.03. The Morgan fingerprint density at radius 1 is 1.28 bits per heavy atom. The molecule has 18 heavy (non-hydrogen) atoms. The second-order valence-corrected chi connectivity index (χ2v) is 4.71. The minimum Gasteiger partial charge on any atom is -0.457 e.